The Hall–Kier alpha value is -3.01. The Morgan fingerprint density at radius 3 is 2.44 bits per heavy atom. The first kappa shape index (κ1) is 26.1. The first-order valence-corrected chi connectivity index (χ1v) is 12.0. The molecule has 0 radical (unpaired) electrons. The van der Waals surface area contributed by atoms with Gasteiger partial charge in [-0.2, -0.15) is 26.3 Å². The van der Waals surface area contributed by atoms with Crippen molar-refractivity contribution in [2.75, 3.05) is 25.5 Å². The zero-order valence-electron chi connectivity index (χ0n) is 20.0. The number of hydrogen-bond acceptors (Lipinski definition) is 4. The van der Waals surface area contributed by atoms with Crippen molar-refractivity contribution in [2.24, 2.45) is 0 Å². The Morgan fingerprint density at radius 2 is 1.83 bits per heavy atom. The van der Waals surface area contributed by atoms with Gasteiger partial charge >= 0.3 is 12.4 Å². The Labute approximate surface area is 209 Å². The predicted molar refractivity (Wildman–Crippen MR) is 129 cm³/mol. The molecule has 36 heavy (non-hydrogen) atoms. The zero-order valence-corrected chi connectivity index (χ0v) is 20.8. The van der Waals surface area contributed by atoms with E-state index < -0.39 is 23.5 Å². The molecule has 2 aliphatic heterocycles. The van der Waals surface area contributed by atoms with E-state index in [0.717, 1.165) is 23.9 Å². The molecule has 1 aliphatic carbocycles. The first-order valence-electron chi connectivity index (χ1n) is 11.1. The molecule has 0 atom stereocenters. The molecular formula is C26H24F6N2OS. The SMILES string of the molecule is CCN1C(=CC(C)=CC2=CC(C(F)(F)F)=C3CC=C(N(C)C)C=C3O2)Sc2ccc(C(F)(F)F)cc21. The number of likely N-dealkylation sites (N-methyl/N-ethyl adjacent to an activating group) is 1. The van der Waals surface area contributed by atoms with Gasteiger partial charge in [0.15, 0.2) is 0 Å². The van der Waals surface area contributed by atoms with Crippen molar-refractivity contribution in [1.29, 1.82) is 0 Å². The quantitative estimate of drug-likeness (QED) is 0.370. The highest BCUT2D eigenvalue weighted by Crippen LogP contribution is 2.48. The van der Waals surface area contributed by atoms with Gasteiger partial charge in [0.05, 0.1) is 21.9 Å². The van der Waals surface area contributed by atoms with Crippen LogP contribution in [0.3, 0.4) is 0 Å². The summed E-state index contributed by atoms with van der Waals surface area (Å²) in [5.41, 5.74) is 0.390. The molecule has 0 saturated heterocycles. The van der Waals surface area contributed by atoms with Crippen LogP contribution in [0.5, 0.6) is 0 Å². The van der Waals surface area contributed by atoms with Crippen molar-refractivity contribution in [3.8, 4) is 0 Å². The lowest BCUT2D eigenvalue weighted by molar-refractivity contribution is -0.137. The summed E-state index contributed by atoms with van der Waals surface area (Å²) >= 11 is 1.31. The standard InChI is InChI=1S/C26H24F6N2OS/c1-5-34-21-12-16(25(27,28)29)6-9-23(21)36-24(34)11-15(2)10-18-14-20(26(30,31)32)19-8-7-17(33(3)4)13-22(19)35-18/h6-7,9-14H,5,8H2,1-4H3. The van der Waals surface area contributed by atoms with Crippen LogP contribution in [0.4, 0.5) is 32.0 Å². The van der Waals surface area contributed by atoms with Crippen LogP contribution in [0.1, 0.15) is 25.8 Å². The van der Waals surface area contributed by atoms with Gasteiger partial charge in [0, 0.05) is 42.9 Å². The van der Waals surface area contributed by atoms with Gasteiger partial charge in [0.1, 0.15) is 11.5 Å². The zero-order chi connectivity index (χ0) is 26.4. The van der Waals surface area contributed by atoms with Gasteiger partial charge in [-0.3, -0.25) is 0 Å². The van der Waals surface area contributed by atoms with Crippen molar-refractivity contribution in [3.63, 3.8) is 0 Å². The number of anilines is 1. The lowest BCUT2D eigenvalue weighted by Gasteiger charge is -2.28. The number of rotatable bonds is 4. The number of ether oxygens (including phenoxy) is 1. The number of allylic oxidation sites excluding steroid dienone is 8. The minimum Gasteiger partial charge on any atom is -0.457 e. The van der Waals surface area contributed by atoms with Gasteiger partial charge in [-0.25, -0.2) is 0 Å². The molecule has 1 aromatic carbocycles. The highest BCUT2D eigenvalue weighted by molar-refractivity contribution is 8.03. The number of halogens is 6. The second-order valence-electron chi connectivity index (χ2n) is 8.67. The number of hydrogen-bond donors (Lipinski definition) is 0. The van der Waals surface area contributed by atoms with Crippen LogP contribution in [-0.4, -0.2) is 31.7 Å². The van der Waals surface area contributed by atoms with Crippen LogP contribution >= 0.6 is 11.8 Å². The fourth-order valence-electron chi connectivity index (χ4n) is 4.11. The highest BCUT2D eigenvalue weighted by atomic mass is 32.2. The largest absolute Gasteiger partial charge is 0.457 e. The Morgan fingerprint density at radius 1 is 1.11 bits per heavy atom. The van der Waals surface area contributed by atoms with Crippen LogP contribution in [0.15, 0.2) is 92.4 Å². The predicted octanol–water partition coefficient (Wildman–Crippen LogP) is 7.93. The van der Waals surface area contributed by atoms with Crippen LogP contribution in [0, 0.1) is 0 Å². The van der Waals surface area contributed by atoms with Gasteiger partial charge in [0.2, 0.25) is 0 Å². The van der Waals surface area contributed by atoms with E-state index in [9.17, 15) is 26.3 Å². The van der Waals surface area contributed by atoms with Crippen LogP contribution in [0.25, 0.3) is 0 Å². The molecule has 0 spiro atoms. The fourth-order valence-corrected chi connectivity index (χ4v) is 5.33. The van der Waals surface area contributed by atoms with Crippen LogP contribution in [0.2, 0.25) is 0 Å². The summed E-state index contributed by atoms with van der Waals surface area (Å²) in [5.74, 6) is 0.190. The minimum atomic E-state index is -4.55. The first-order chi connectivity index (χ1) is 16.8. The second kappa shape index (κ2) is 9.46. The van der Waals surface area contributed by atoms with Gasteiger partial charge in [-0.15, -0.1) is 0 Å². The Kier molecular flexibility index (Phi) is 6.85. The Bertz CT molecular complexity index is 1260. The average Bonchev–Trinajstić information content (AvgIpc) is 3.12. The van der Waals surface area contributed by atoms with E-state index in [4.69, 9.17) is 4.74 Å². The summed E-state index contributed by atoms with van der Waals surface area (Å²) in [6.07, 6.45) is -1.37. The molecule has 10 heteroatoms. The van der Waals surface area contributed by atoms with E-state index in [2.05, 4.69) is 0 Å². The molecule has 3 aliphatic rings. The highest BCUT2D eigenvalue weighted by Gasteiger charge is 2.39. The van der Waals surface area contributed by atoms with Crippen LogP contribution < -0.4 is 4.90 Å². The maximum atomic E-state index is 13.8. The van der Waals surface area contributed by atoms with E-state index in [-0.39, 0.29) is 23.5 Å². The van der Waals surface area contributed by atoms with Crippen molar-refractivity contribution in [3.05, 3.63) is 93.1 Å². The van der Waals surface area contributed by atoms with E-state index >= 15 is 0 Å². The van der Waals surface area contributed by atoms with E-state index in [0.29, 0.717) is 27.7 Å². The molecular weight excluding hydrogens is 502 g/mol. The number of alkyl halides is 6. The summed E-state index contributed by atoms with van der Waals surface area (Å²) < 4.78 is 86.9. The lowest BCUT2D eigenvalue weighted by atomic mass is 9.94. The third kappa shape index (κ3) is 5.23. The maximum Gasteiger partial charge on any atom is 0.416 e. The summed E-state index contributed by atoms with van der Waals surface area (Å²) in [6, 6.07) is 3.60. The van der Waals surface area contributed by atoms with Crippen molar-refractivity contribution in [1.82, 2.24) is 4.90 Å². The fraction of sp³-hybridized carbons (Fsp3) is 0.308. The number of benzene rings is 1. The number of thioether (sulfide) groups is 1. The molecule has 0 amide bonds. The lowest BCUT2D eigenvalue weighted by Crippen LogP contribution is -2.21. The van der Waals surface area contributed by atoms with E-state index in [1.54, 1.807) is 49.0 Å². The van der Waals surface area contributed by atoms with Crippen molar-refractivity contribution >= 4 is 17.4 Å². The molecule has 2 heterocycles. The van der Waals surface area contributed by atoms with Crippen LogP contribution in [-0.2, 0) is 10.9 Å². The third-order valence-electron chi connectivity index (χ3n) is 5.85. The summed E-state index contributed by atoms with van der Waals surface area (Å²) in [4.78, 5) is 4.22. The summed E-state index contributed by atoms with van der Waals surface area (Å²) in [6.45, 7) is 3.96. The second-order valence-corrected chi connectivity index (χ2v) is 9.73. The van der Waals surface area contributed by atoms with Gasteiger partial charge in [-0.05, 0) is 62.3 Å². The molecule has 0 bridgehead atoms. The molecule has 4 rings (SSSR count). The normalized spacial score (nSPS) is 19.5. The van der Waals surface area contributed by atoms with Gasteiger partial charge in [-0.1, -0.05) is 17.8 Å². The average molecular weight is 527 g/mol. The maximum absolute atomic E-state index is 13.8. The van der Waals surface area contributed by atoms with E-state index in [1.807, 2.05) is 6.92 Å². The third-order valence-corrected chi connectivity index (χ3v) is 6.96. The molecule has 0 fully saturated rings. The van der Waals surface area contributed by atoms with Crippen molar-refractivity contribution < 1.29 is 31.1 Å². The van der Waals surface area contributed by atoms with E-state index in [1.165, 1.54) is 23.9 Å². The smallest absolute Gasteiger partial charge is 0.416 e. The summed E-state index contributed by atoms with van der Waals surface area (Å²) in [5, 5.41) is 0.680. The molecule has 0 N–H and O–H groups in total. The summed E-state index contributed by atoms with van der Waals surface area (Å²) in [7, 11) is 3.60. The molecule has 0 unspecified atom stereocenters. The molecule has 192 valence electrons. The number of nitrogens with zero attached hydrogens (tertiary/aromatic N) is 2. The van der Waals surface area contributed by atoms with Crippen molar-refractivity contribution in [2.45, 2.75) is 37.5 Å². The minimum absolute atomic E-state index is 0.0367. The molecule has 0 aromatic heterocycles. The van der Waals surface area contributed by atoms with Gasteiger partial charge < -0.3 is 14.5 Å². The Balaban J connectivity index is 1.66. The molecule has 1 aromatic rings. The van der Waals surface area contributed by atoms with Gasteiger partial charge in [0.25, 0.3) is 0 Å². The monoisotopic (exact) mass is 526 g/mol. The topological polar surface area (TPSA) is 15.7 Å². The molecule has 0 saturated carbocycles. The molecule has 3 nitrogen and oxygen atoms in total. The number of fused-ring (bicyclic) bond motifs is 2.